The lowest BCUT2D eigenvalue weighted by molar-refractivity contribution is 0.319. The average molecular weight is 447 g/mol. The third-order valence-corrected chi connectivity index (χ3v) is 5.86. The van der Waals surface area contributed by atoms with Crippen molar-refractivity contribution in [3.05, 3.63) is 71.9 Å². The number of imidazole rings is 1. The van der Waals surface area contributed by atoms with E-state index in [9.17, 15) is 0 Å². The first-order valence-corrected chi connectivity index (χ1v) is 11.2. The molecule has 0 amide bonds. The smallest absolute Gasteiger partial charge is 0.203 e. The molecule has 4 rings (SSSR count). The second-order valence-electron chi connectivity index (χ2n) is 7.91. The van der Waals surface area contributed by atoms with Crippen molar-refractivity contribution in [2.75, 3.05) is 21.3 Å². The number of fused-ring (bicyclic) bond motifs is 1. The fraction of sp³-hybridized carbons (Fsp3) is 0.346. The highest BCUT2D eigenvalue weighted by molar-refractivity contribution is 5.68. The normalized spacial score (nSPS) is 11.0. The van der Waals surface area contributed by atoms with Crippen LogP contribution in [0.1, 0.15) is 29.5 Å². The Bertz CT molecular complexity index is 1190. The maximum Gasteiger partial charge on any atom is 0.203 e. The Balaban J connectivity index is 1.52. The molecule has 0 saturated heterocycles. The summed E-state index contributed by atoms with van der Waals surface area (Å²) >= 11 is 0. The van der Waals surface area contributed by atoms with Gasteiger partial charge in [0.25, 0.3) is 0 Å². The minimum Gasteiger partial charge on any atom is -0.492 e. The summed E-state index contributed by atoms with van der Waals surface area (Å²) in [5, 5.41) is 0. The Morgan fingerprint density at radius 2 is 1.48 bits per heavy atom. The van der Waals surface area contributed by atoms with Crippen molar-refractivity contribution in [1.82, 2.24) is 19.5 Å². The van der Waals surface area contributed by atoms with E-state index in [1.807, 2.05) is 12.4 Å². The summed E-state index contributed by atoms with van der Waals surface area (Å²) in [5.41, 5.74) is 5.26. The van der Waals surface area contributed by atoms with Crippen LogP contribution in [0.2, 0.25) is 0 Å². The summed E-state index contributed by atoms with van der Waals surface area (Å²) in [5.74, 6) is 2.15. The van der Waals surface area contributed by atoms with E-state index in [4.69, 9.17) is 14.2 Å². The molecule has 0 spiro atoms. The van der Waals surface area contributed by atoms with Gasteiger partial charge < -0.3 is 18.8 Å². The highest BCUT2D eigenvalue weighted by Crippen LogP contribution is 2.43. The van der Waals surface area contributed by atoms with E-state index in [1.54, 1.807) is 27.5 Å². The van der Waals surface area contributed by atoms with Gasteiger partial charge in [0.1, 0.15) is 11.8 Å². The largest absolute Gasteiger partial charge is 0.492 e. The van der Waals surface area contributed by atoms with E-state index in [0.29, 0.717) is 5.75 Å². The van der Waals surface area contributed by atoms with Gasteiger partial charge in [0.15, 0.2) is 17.1 Å². The van der Waals surface area contributed by atoms with E-state index >= 15 is 0 Å². The maximum absolute atomic E-state index is 5.75. The fourth-order valence-corrected chi connectivity index (χ4v) is 4.29. The maximum atomic E-state index is 5.75. The van der Waals surface area contributed by atoms with Crippen LogP contribution in [-0.4, -0.2) is 40.8 Å². The minimum absolute atomic E-state index is 0.661. The first kappa shape index (κ1) is 22.6. The molecule has 2 aromatic heterocycles. The first-order valence-electron chi connectivity index (χ1n) is 11.2. The van der Waals surface area contributed by atoms with Crippen LogP contribution in [0.3, 0.4) is 0 Å². The molecule has 0 bridgehead atoms. The summed E-state index contributed by atoms with van der Waals surface area (Å²) in [6, 6.07) is 12.8. The summed E-state index contributed by atoms with van der Waals surface area (Å²) in [7, 11) is 5.02. The van der Waals surface area contributed by atoms with Crippen molar-refractivity contribution >= 4 is 11.2 Å². The average Bonchev–Trinajstić information content (AvgIpc) is 3.27. The predicted octanol–water partition coefficient (Wildman–Crippen LogP) is 4.66. The molecular weight excluding hydrogens is 416 g/mol. The summed E-state index contributed by atoms with van der Waals surface area (Å²) in [6.07, 6.45) is 9.83. The lowest BCUT2D eigenvalue weighted by Crippen LogP contribution is -2.05. The van der Waals surface area contributed by atoms with E-state index < -0.39 is 0 Å². The number of aromatic nitrogens is 4. The van der Waals surface area contributed by atoms with E-state index in [1.165, 1.54) is 11.9 Å². The Hall–Kier alpha value is -3.61. The third-order valence-electron chi connectivity index (χ3n) is 5.86. The number of rotatable bonds is 11. The summed E-state index contributed by atoms with van der Waals surface area (Å²) < 4.78 is 19.3. The molecule has 0 saturated carbocycles. The molecule has 4 aromatic rings. The number of aryl methyl sites for hydroxylation is 4. The molecule has 0 atom stereocenters. The van der Waals surface area contributed by atoms with Gasteiger partial charge in [-0.15, -0.1) is 0 Å². The zero-order valence-electron chi connectivity index (χ0n) is 19.5. The zero-order valence-corrected chi connectivity index (χ0v) is 19.5. The Morgan fingerprint density at radius 3 is 2.18 bits per heavy atom. The SMILES string of the molecule is COc1c(CCCc2ccccc2)cc(CCCn2cnc3ncncc32)c(OC)c1OC. The molecule has 0 aliphatic heterocycles. The van der Waals surface area contributed by atoms with Gasteiger partial charge in [0.2, 0.25) is 5.75 Å². The number of nitrogens with zero attached hydrogens (tertiary/aromatic N) is 4. The van der Waals surface area contributed by atoms with Crippen LogP contribution in [0.15, 0.2) is 55.2 Å². The van der Waals surface area contributed by atoms with Crippen molar-refractivity contribution < 1.29 is 14.2 Å². The van der Waals surface area contributed by atoms with Gasteiger partial charge in [-0.3, -0.25) is 0 Å². The molecule has 7 nitrogen and oxygen atoms in total. The summed E-state index contributed by atoms with van der Waals surface area (Å²) in [6.45, 7) is 0.810. The topological polar surface area (TPSA) is 71.3 Å². The zero-order chi connectivity index (χ0) is 23.0. The molecule has 0 fully saturated rings. The number of benzene rings is 2. The van der Waals surface area contributed by atoms with Gasteiger partial charge >= 0.3 is 0 Å². The van der Waals surface area contributed by atoms with Crippen molar-refractivity contribution in [1.29, 1.82) is 0 Å². The molecule has 0 N–H and O–H groups in total. The Kier molecular flexibility index (Phi) is 7.40. The van der Waals surface area contributed by atoms with Crippen LogP contribution in [0.25, 0.3) is 11.2 Å². The third kappa shape index (κ3) is 5.08. The molecule has 0 aliphatic rings. The van der Waals surface area contributed by atoms with Gasteiger partial charge in [0, 0.05) is 6.54 Å². The molecule has 0 radical (unpaired) electrons. The van der Waals surface area contributed by atoms with Gasteiger partial charge in [-0.05, 0) is 54.9 Å². The van der Waals surface area contributed by atoms with Crippen molar-refractivity contribution in [3.63, 3.8) is 0 Å². The molecule has 33 heavy (non-hydrogen) atoms. The standard InChI is InChI=1S/C26H30N4O3/c1-31-23-20(12-7-11-19-9-5-4-6-10-19)15-21(24(32-2)25(23)33-3)13-8-14-30-18-29-26-22(30)16-27-17-28-26/h4-6,9-10,15-18H,7-8,11-14H2,1-3H3. The van der Waals surface area contributed by atoms with Gasteiger partial charge in [0.05, 0.1) is 33.9 Å². The Morgan fingerprint density at radius 1 is 0.788 bits per heavy atom. The number of hydrogen-bond acceptors (Lipinski definition) is 6. The van der Waals surface area contributed by atoms with Crippen molar-refractivity contribution in [2.24, 2.45) is 0 Å². The summed E-state index contributed by atoms with van der Waals surface area (Å²) in [4.78, 5) is 12.7. The van der Waals surface area contributed by atoms with Gasteiger partial charge in [-0.1, -0.05) is 30.3 Å². The molecule has 0 aliphatic carbocycles. The second-order valence-corrected chi connectivity index (χ2v) is 7.91. The second kappa shape index (κ2) is 10.8. The lowest BCUT2D eigenvalue weighted by atomic mass is 9.98. The van der Waals surface area contributed by atoms with Crippen LogP contribution in [0.4, 0.5) is 0 Å². The van der Waals surface area contributed by atoms with E-state index in [-0.39, 0.29) is 0 Å². The van der Waals surface area contributed by atoms with Crippen LogP contribution in [0.5, 0.6) is 17.2 Å². The van der Waals surface area contributed by atoms with Crippen molar-refractivity contribution in [3.8, 4) is 17.2 Å². The quantitative estimate of drug-likeness (QED) is 0.334. The first-order chi connectivity index (χ1) is 16.2. The number of hydrogen-bond donors (Lipinski definition) is 0. The van der Waals surface area contributed by atoms with E-state index in [2.05, 4.69) is 49.9 Å². The lowest BCUT2D eigenvalue weighted by Gasteiger charge is -2.19. The van der Waals surface area contributed by atoms with Crippen LogP contribution in [0, 0.1) is 0 Å². The predicted molar refractivity (Wildman–Crippen MR) is 128 cm³/mol. The van der Waals surface area contributed by atoms with Crippen LogP contribution >= 0.6 is 0 Å². The molecule has 2 heterocycles. The fourth-order valence-electron chi connectivity index (χ4n) is 4.29. The van der Waals surface area contributed by atoms with Crippen LogP contribution in [-0.2, 0) is 25.8 Å². The van der Waals surface area contributed by atoms with Crippen molar-refractivity contribution in [2.45, 2.75) is 38.6 Å². The minimum atomic E-state index is 0.661. The molecule has 7 heteroatoms. The highest BCUT2D eigenvalue weighted by atomic mass is 16.5. The van der Waals surface area contributed by atoms with E-state index in [0.717, 1.165) is 72.4 Å². The monoisotopic (exact) mass is 446 g/mol. The van der Waals surface area contributed by atoms with Gasteiger partial charge in [-0.25, -0.2) is 15.0 Å². The Labute approximate surface area is 194 Å². The van der Waals surface area contributed by atoms with Crippen LogP contribution < -0.4 is 14.2 Å². The number of methoxy groups -OCH3 is 3. The number of ether oxygens (including phenoxy) is 3. The van der Waals surface area contributed by atoms with Gasteiger partial charge in [-0.2, -0.15) is 0 Å². The highest BCUT2D eigenvalue weighted by Gasteiger charge is 2.20. The molecule has 172 valence electrons. The molecule has 2 aromatic carbocycles. The molecule has 0 unspecified atom stereocenters. The molecular formula is C26H30N4O3.